The summed E-state index contributed by atoms with van der Waals surface area (Å²) in [5.74, 6) is 0. The van der Waals surface area contributed by atoms with Gasteiger partial charge < -0.3 is 5.73 Å². The fourth-order valence-electron chi connectivity index (χ4n) is 2.49. The Morgan fingerprint density at radius 3 is 2.58 bits per heavy atom. The van der Waals surface area contributed by atoms with Crippen molar-refractivity contribution in [2.75, 3.05) is 0 Å². The SMILES string of the molecule is Cc1nn(C)c(C)c1CCC(N)Cc1cnn(C)c1. The molecule has 2 N–H and O–H groups in total. The fourth-order valence-corrected chi connectivity index (χ4v) is 2.49. The van der Waals surface area contributed by atoms with E-state index in [9.17, 15) is 0 Å². The van der Waals surface area contributed by atoms with E-state index < -0.39 is 0 Å². The van der Waals surface area contributed by atoms with E-state index in [0.717, 1.165) is 25.0 Å². The molecule has 0 aromatic carbocycles. The molecule has 2 heterocycles. The lowest BCUT2D eigenvalue weighted by Gasteiger charge is -2.10. The van der Waals surface area contributed by atoms with Crippen LogP contribution >= 0.6 is 0 Å². The van der Waals surface area contributed by atoms with Gasteiger partial charge in [0.2, 0.25) is 0 Å². The minimum absolute atomic E-state index is 0.170. The van der Waals surface area contributed by atoms with Crippen molar-refractivity contribution in [3.05, 3.63) is 34.9 Å². The molecule has 0 saturated carbocycles. The second-order valence-electron chi connectivity index (χ2n) is 5.30. The lowest BCUT2D eigenvalue weighted by molar-refractivity contribution is 0.607. The van der Waals surface area contributed by atoms with Crippen LogP contribution in [0, 0.1) is 13.8 Å². The van der Waals surface area contributed by atoms with E-state index in [-0.39, 0.29) is 6.04 Å². The van der Waals surface area contributed by atoms with Gasteiger partial charge in [-0.05, 0) is 44.2 Å². The molecule has 0 radical (unpaired) electrons. The first kappa shape index (κ1) is 13.8. The van der Waals surface area contributed by atoms with Crippen LogP contribution in [-0.4, -0.2) is 25.6 Å². The van der Waals surface area contributed by atoms with Crippen molar-refractivity contribution in [3.63, 3.8) is 0 Å². The molecule has 2 aromatic rings. The zero-order valence-corrected chi connectivity index (χ0v) is 12.2. The van der Waals surface area contributed by atoms with Crippen LogP contribution in [-0.2, 0) is 26.9 Å². The molecule has 2 rings (SSSR count). The molecule has 0 bridgehead atoms. The van der Waals surface area contributed by atoms with Crippen molar-refractivity contribution in [1.29, 1.82) is 0 Å². The molecule has 0 aliphatic carbocycles. The summed E-state index contributed by atoms with van der Waals surface area (Å²) in [4.78, 5) is 0. The molecule has 5 heteroatoms. The molecule has 19 heavy (non-hydrogen) atoms. The molecule has 104 valence electrons. The zero-order valence-electron chi connectivity index (χ0n) is 12.2. The van der Waals surface area contributed by atoms with Crippen molar-refractivity contribution in [1.82, 2.24) is 19.6 Å². The van der Waals surface area contributed by atoms with E-state index in [1.807, 2.05) is 35.9 Å². The Morgan fingerprint density at radius 2 is 2.05 bits per heavy atom. The van der Waals surface area contributed by atoms with Gasteiger partial charge >= 0.3 is 0 Å². The average Bonchev–Trinajstić information content (AvgIpc) is 2.83. The van der Waals surface area contributed by atoms with E-state index >= 15 is 0 Å². The third-order valence-electron chi connectivity index (χ3n) is 3.68. The van der Waals surface area contributed by atoms with Gasteiger partial charge in [0.1, 0.15) is 0 Å². The Bertz CT molecular complexity index is 552. The molecule has 0 spiro atoms. The van der Waals surface area contributed by atoms with Crippen LogP contribution in [0.2, 0.25) is 0 Å². The van der Waals surface area contributed by atoms with Crippen molar-refractivity contribution in [3.8, 4) is 0 Å². The number of nitrogens with two attached hydrogens (primary N) is 1. The molecule has 0 amide bonds. The summed E-state index contributed by atoms with van der Waals surface area (Å²) in [5.41, 5.74) is 11.1. The number of rotatable bonds is 5. The Morgan fingerprint density at radius 1 is 1.32 bits per heavy atom. The van der Waals surface area contributed by atoms with Gasteiger partial charge in [-0.25, -0.2) is 0 Å². The van der Waals surface area contributed by atoms with E-state index in [4.69, 9.17) is 5.73 Å². The fraction of sp³-hybridized carbons (Fsp3) is 0.571. The summed E-state index contributed by atoms with van der Waals surface area (Å²) >= 11 is 0. The smallest absolute Gasteiger partial charge is 0.0628 e. The summed E-state index contributed by atoms with van der Waals surface area (Å²) in [7, 11) is 3.92. The number of hydrogen-bond donors (Lipinski definition) is 1. The molecule has 0 fully saturated rings. The van der Waals surface area contributed by atoms with Gasteiger partial charge in [0.05, 0.1) is 11.9 Å². The molecule has 0 aliphatic heterocycles. The zero-order chi connectivity index (χ0) is 14.0. The van der Waals surface area contributed by atoms with Gasteiger partial charge in [-0.15, -0.1) is 0 Å². The molecule has 0 aliphatic rings. The first-order valence-electron chi connectivity index (χ1n) is 6.69. The van der Waals surface area contributed by atoms with Crippen LogP contribution in [0.3, 0.4) is 0 Å². The molecule has 1 unspecified atom stereocenters. The highest BCUT2D eigenvalue weighted by Gasteiger charge is 2.12. The van der Waals surface area contributed by atoms with Crippen molar-refractivity contribution < 1.29 is 0 Å². The van der Waals surface area contributed by atoms with Crippen LogP contribution in [0.4, 0.5) is 0 Å². The summed E-state index contributed by atoms with van der Waals surface area (Å²) < 4.78 is 3.76. The van der Waals surface area contributed by atoms with E-state index in [1.165, 1.54) is 16.8 Å². The summed E-state index contributed by atoms with van der Waals surface area (Å²) in [5, 5.41) is 8.61. The maximum Gasteiger partial charge on any atom is 0.0628 e. The Balaban J connectivity index is 1.91. The van der Waals surface area contributed by atoms with E-state index in [0.29, 0.717) is 0 Å². The van der Waals surface area contributed by atoms with Crippen LogP contribution < -0.4 is 5.73 Å². The van der Waals surface area contributed by atoms with Crippen molar-refractivity contribution in [2.45, 2.75) is 39.2 Å². The first-order chi connectivity index (χ1) is 8.97. The third-order valence-corrected chi connectivity index (χ3v) is 3.68. The topological polar surface area (TPSA) is 61.7 Å². The Kier molecular flexibility index (Phi) is 4.04. The highest BCUT2D eigenvalue weighted by molar-refractivity contribution is 5.24. The Hall–Kier alpha value is -1.62. The maximum absolute atomic E-state index is 6.21. The van der Waals surface area contributed by atoms with Gasteiger partial charge in [0, 0.05) is 32.0 Å². The third kappa shape index (κ3) is 3.23. The minimum Gasteiger partial charge on any atom is -0.327 e. The number of hydrogen-bond acceptors (Lipinski definition) is 3. The van der Waals surface area contributed by atoms with Gasteiger partial charge in [0.15, 0.2) is 0 Å². The second-order valence-corrected chi connectivity index (χ2v) is 5.30. The monoisotopic (exact) mass is 261 g/mol. The second kappa shape index (κ2) is 5.57. The number of aromatic nitrogens is 4. The standard InChI is InChI=1S/C14H23N5/c1-10-14(11(2)19(4)17-10)6-5-13(15)7-12-8-16-18(3)9-12/h8-9,13H,5-7,15H2,1-4H3. The van der Waals surface area contributed by atoms with Crippen LogP contribution in [0.25, 0.3) is 0 Å². The van der Waals surface area contributed by atoms with E-state index in [2.05, 4.69) is 24.0 Å². The molecule has 0 saturated heterocycles. The van der Waals surface area contributed by atoms with Crippen LogP contribution in [0.15, 0.2) is 12.4 Å². The van der Waals surface area contributed by atoms with Gasteiger partial charge in [-0.3, -0.25) is 9.36 Å². The minimum atomic E-state index is 0.170. The molecular weight excluding hydrogens is 238 g/mol. The normalized spacial score (nSPS) is 12.9. The van der Waals surface area contributed by atoms with Crippen LogP contribution in [0.1, 0.15) is 28.9 Å². The highest BCUT2D eigenvalue weighted by Crippen LogP contribution is 2.15. The summed E-state index contributed by atoms with van der Waals surface area (Å²) in [6.07, 6.45) is 6.77. The Labute approximate surface area is 114 Å². The predicted molar refractivity (Wildman–Crippen MR) is 75.9 cm³/mol. The molecule has 1 atom stereocenters. The lowest BCUT2D eigenvalue weighted by atomic mass is 10.0. The summed E-state index contributed by atoms with van der Waals surface area (Å²) in [6, 6.07) is 0.170. The van der Waals surface area contributed by atoms with Gasteiger partial charge in [-0.2, -0.15) is 10.2 Å². The van der Waals surface area contributed by atoms with Gasteiger partial charge in [0.25, 0.3) is 0 Å². The summed E-state index contributed by atoms with van der Waals surface area (Å²) in [6.45, 7) is 4.18. The van der Waals surface area contributed by atoms with E-state index in [1.54, 1.807) is 0 Å². The lowest BCUT2D eigenvalue weighted by Crippen LogP contribution is -2.23. The quantitative estimate of drug-likeness (QED) is 0.881. The predicted octanol–water partition coefficient (Wildman–Crippen LogP) is 1.27. The molecular formula is C14H23N5. The van der Waals surface area contributed by atoms with Crippen LogP contribution in [0.5, 0.6) is 0 Å². The maximum atomic E-state index is 6.21. The largest absolute Gasteiger partial charge is 0.327 e. The van der Waals surface area contributed by atoms with Crippen molar-refractivity contribution >= 4 is 0 Å². The molecule has 2 aromatic heterocycles. The van der Waals surface area contributed by atoms with Crippen molar-refractivity contribution in [2.24, 2.45) is 19.8 Å². The number of aryl methyl sites for hydroxylation is 3. The molecule has 5 nitrogen and oxygen atoms in total. The van der Waals surface area contributed by atoms with Gasteiger partial charge in [-0.1, -0.05) is 0 Å². The average molecular weight is 261 g/mol. The first-order valence-corrected chi connectivity index (χ1v) is 6.69. The highest BCUT2D eigenvalue weighted by atomic mass is 15.3. The number of nitrogens with zero attached hydrogens (tertiary/aromatic N) is 4.